The molecule has 1 aromatic heterocycles. The molecule has 2 atom stereocenters. The topological polar surface area (TPSA) is 50.5 Å². The molecule has 3 rings (SSSR count). The lowest BCUT2D eigenvalue weighted by molar-refractivity contribution is -0.0301. The Labute approximate surface area is 150 Å². The van der Waals surface area contributed by atoms with Crippen LogP contribution in [0, 0.1) is 13.8 Å². The fraction of sp³-hybridized carbons (Fsp3) is 0.550. The standard InChI is InChI=1S/C20H29N3O2/c1-4-23-16(3)19(15(2)21-23)13-22-10-11-25-14-18(22)12-20(24)17-8-6-5-7-9-17/h5-9,18,20,24H,4,10-14H2,1-3H3. The summed E-state index contributed by atoms with van der Waals surface area (Å²) in [5, 5.41) is 15.2. The van der Waals surface area contributed by atoms with Crippen molar-refractivity contribution in [1.29, 1.82) is 0 Å². The van der Waals surface area contributed by atoms with Crippen LogP contribution in [-0.2, 0) is 17.8 Å². The molecule has 1 fully saturated rings. The summed E-state index contributed by atoms with van der Waals surface area (Å²) in [5.41, 5.74) is 4.63. The van der Waals surface area contributed by atoms with Crippen molar-refractivity contribution in [2.45, 2.75) is 52.4 Å². The van der Waals surface area contributed by atoms with Crippen molar-refractivity contribution in [3.8, 4) is 0 Å². The van der Waals surface area contributed by atoms with E-state index in [2.05, 4.69) is 35.5 Å². The Kier molecular flexibility index (Phi) is 5.89. The second-order valence-electron chi connectivity index (χ2n) is 6.83. The summed E-state index contributed by atoms with van der Waals surface area (Å²) in [6.45, 7) is 10.4. The van der Waals surface area contributed by atoms with Gasteiger partial charge in [0.2, 0.25) is 0 Å². The van der Waals surface area contributed by atoms with E-state index < -0.39 is 6.10 Å². The molecular formula is C20H29N3O2. The average Bonchev–Trinajstić information content (AvgIpc) is 2.91. The van der Waals surface area contributed by atoms with Gasteiger partial charge < -0.3 is 9.84 Å². The van der Waals surface area contributed by atoms with E-state index in [1.807, 2.05) is 30.3 Å². The summed E-state index contributed by atoms with van der Waals surface area (Å²) in [5.74, 6) is 0. The summed E-state index contributed by atoms with van der Waals surface area (Å²) in [4.78, 5) is 2.44. The smallest absolute Gasteiger partial charge is 0.0805 e. The van der Waals surface area contributed by atoms with Gasteiger partial charge in [-0.2, -0.15) is 5.10 Å². The molecule has 0 spiro atoms. The summed E-state index contributed by atoms with van der Waals surface area (Å²) < 4.78 is 7.77. The molecule has 5 heteroatoms. The number of aryl methyl sites for hydroxylation is 2. The predicted molar refractivity (Wildman–Crippen MR) is 98.4 cm³/mol. The molecule has 0 saturated carbocycles. The first kappa shape index (κ1) is 18.1. The van der Waals surface area contributed by atoms with Gasteiger partial charge in [0.05, 0.1) is 25.0 Å². The van der Waals surface area contributed by atoms with Gasteiger partial charge in [-0.05, 0) is 32.8 Å². The van der Waals surface area contributed by atoms with Crippen molar-refractivity contribution >= 4 is 0 Å². The van der Waals surface area contributed by atoms with Crippen molar-refractivity contribution < 1.29 is 9.84 Å². The van der Waals surface area contributed by atoms with E-state index in [1.54, 1.807) is 0 Å². The minimum atomic E-state index is -0.462. The number of rotatable bonds is 6. The molecule has 2 aromatic rings. The average molecular weight is 343 g/mol. The number of aromatic nitrogens is 2. The Morgan fingerprint density at radius 3 is 2.72 bits per heavy atom. The maximum absolute atomic E-state index is 10.6. The van der Waals surface area contributed by atoms with Gasteiger partial charge in [0.25, 0.3) is 0 Å². The fourth-order valence-electron chi connectivity index (χ4n) is 3.66. The van der Waals surface area contributed by atoms with Gasteiger partial charge in [0, 0.05) is 36.9 Å². The molecular weight excluding hydrogens is 314 g/mol. The second kappa shape index (κ2) is 8.13. The molecule has 136 valence electrons. The highest BCUT2D eigenvalue weighted by molar-refractivity contribution is 5.24. The summed E-state index contributed by atoms with van der Waals surface area (Å²) >= 11 is 0. The number of hydrogen-bond donors (Lipinski definition) is 1. The number of benzene rings is 1. The van der Waals surface area contributed by atoms with Gasteiger partial charge in [0.1, 0.15) is 0 Å². The summed E-state index contributed by atoms with van der Waals surface area (Å²) in [6, 6.07) is 10.1. The first-order chi connectivity index (χ1) is 12.1. The van der Waals surface area contributed by atoms with E-state index in [4.69, 9.17) is 4.74 Å². The SMILES string of the molecule is CCn1nc(C)c(CN2CCOCC2CC(O)c2ccccc2)c1C. The lowest BCUT2D eigenvalue weighted by atomic mass is 10.00. The number of aliphatic hydroxyl groups excluding tert-OH is 1. The fourth-order valence-corrected chi connectivity index (χ4v) is 3.66. The third-order valence-corrected chi connectivity index (χ3v) is 5.22. The number of morpholine rings is 1. The van der Waals surface area contributed by atoms with Gasteiger partial charge in [-0.1, -0.05) is 30.3 Å². The zero-order chi connectivity index (χ0) is 17.8. The van der Waals surface area contributed by atoms with Crippen molar-refractivity contribution in [2.24, 2.45) is 0 Å². The van der Waals surface area contributed by atoms with E-state index in [0.29, 0.717) is 13.0 Å². The van der Waals surface area contributed by atoms with Crippen LogP contribution in [0.3, 0.4) is 0 Å². The number of hydrogen-bond acceptors (Lipinski definition) is 4. The molecule has 0 radical (unpaired) electrons. The third kappa shape index (κ3) is 4.11. The van der Waals surface area contributed by atoms with Crippen LogP contribution in [0.4, 0.5) is 0 Å². The molecule has 25 heavy (non-hydrogen) atoms. The van der Waals surface area contributed by atoms with Crippen LogP contribution in [0.5, 0.6) is 0 Å². The van der Waals surface area contributed by atoms with E-state index in [-0.39, 0.29) is 6.04 Å². The van der Waals surface area contributed by atoms with Crippen molar-refractivity contribution in [3.63, 3.8) is 0 Å². The predicted octanol–water partition coefficient (Wildman–Crippen LogP) is 2.84. The molecule has 1 N–H and O–H groups in total. The Balaban J connectivity index is 1.72. The lowest BCUT2D eigenvalue weighted by Crippen LogP contribution is -2.45. The van der Waals surface area contributed by atoms with Crippen LogP contribution in [0.2, 0.25) is 0 Å². The Hall–Kier alpha value is -1.69. The second-order valence-corrected chi connectivity index (χ2v) is 6.83. The van der Waals surface area contributed by atoms with Crippen LogP contribution in [0.15, 0.2) is 30.3 Å². The zero-order valence-electron chi connectivity index (χ0n) is 15.5. The van der Waals surface area contributed by atoms with Crippen LogP contribution < -0.4 is 0 Å². The van der Waals surface area contributed by atoms with Gasteiger partial charge >= 0.3 is 0 Å². The number of ether oxygens (including phenoxy) is 1. The molecule has 1 aromatic carbocycles. The molecule has 0 bridgehead atoms. The highest BCUT2D eigenvalue weighted by atomic mass is 16.5. The van der Waals surface area contributed by atoms with Gasteiger partial charge in [-0.25, -0.2) is 0 Å². The monoisotopic (exact) mass is 343 g/mol. The Morgan fingerprint density at radius 1 is 1.28 bits per heavy atom. The minimum absolute atomic E-state index is 0.215. The largest absolute Gasteiger partial charge is 0.388 e. The van der Waals surface area contributed by atoms with Gasteiger partial charge in [-0.15, -0.1) is 0 Å². The third-order valence-electron chi connectivity index (χ3n) is 5.22. The zero-order valence-corrected chi connectivity index (χ0v) is 15.5. The van der Waals surface area contributed by atoms with Crippen molar-refractivity contribution in [2.75, 3.05) is 19.8 Å². The van der Waals surface area contributed by atoms with Crippen LogP contribution in [-0.4, -0.2) is 45.6 Å². The van der Waals surface area contributed by atoms with Crippen LogP contribution in [0.25, 0.3) is 0 Å². The van der Waals surface area contributed by atoms with Gasteiger partial charge in [0.15, 0.2) is 0 Å². The summed E-state index contributed by atoms with van der Waals surface area (Å²) in [6.07, 6.45) is 0.222. The lowest BCUT2D eigenvalue weighted by Gasteiger charge is -2.36. The quantitative estimate of drug-likeness (QED) is 0.876. The Morgan fingerprint density at radius 2 is 2.04 bits per heavy atom. The molecule has 1 aliphatic heterocycles. The molecule has 1 aliphatic rings. The van der Waals surface area contributed by atoms with Gasteiger partial charge in [-0.3, -0.25) is 9.58 Å². The first-order valence-corrected chi connectivity index (χ1v) is 9.17. The minimum Gasteiger partial charge on any atom is -0.388 e. The highest BCUT2D eigenvalue weighted by Crippen LogP contribution is 2.25. The molecule has 2 unspecified atom stereocenters. The van der Waals surface area contributed by atoms with E-state index in [9.17, 15) is 5.11 Å². The molecule has 2 heterocycles. The maximum atomic E-state index is 10.6. The molecule has 0 amide bonds. The van der Waals surface area contributed by atoms with E-state index in [0.717, 1.165) is 37.5 Å². The summed E-state index contributed by atoms with van der Waals surface area (Å²) in [7, 11) is 0. The number of aliphatic hydroxyl groups is 1. The van der Waals surface area contributed by atoms with E-state index >= 15 is 0 Å². The molecule has 0 aliphatic carbocycles. The number of nitrogens with zero attached hydrogens (tertiary/aromatic N) is 3. The molecule has 5 nitrogen and oxygen atoms in total. The molecule has 1 saturated heterocycles. The van der Waals surface area contributed by atoms with Crippen molar-refractivity contribution in [3.05, 3.63) is 52.8 Å². The van der Waals surface area contributed by atoms with Crippen LogP contribution >= 0.6 is 0 Å². The van der Waals surface area contributed by atoms with Crippen LogP contribution in [0.1, 0.15) is 42.0 Å². The van der Waals surface area contributed by atoms with Crippen molar-refractivity contribution in [1.82, 2.24) is 14.7 Å². The van der Waals surface area contributed by atoms with E-state index in [1.165, 1.54) is 11.3 Å². The highest BCUT2D eigenvalue weighted by Gasteiger charge is 2.27. The normalized spacial score (nSPS) is 19.9. The first-order valence-electron chi connectivity index (χ1n) is 9.17. The maximum Gasteiger partial charge on any atom is 0.0805 e. The Bertz CT molecular complexity index is 684.